The molecular weight excluding hydrogens is 543 g/mol. The second-order valence-corrected chi connectivity index (χ2v) is 10.1. The molecule has 208 valence electrons. The number of carbonyl (C=O) groups is 3. The van der Waals surface area contributed by atoms with Crippen LogP contribution in [-0.4, -0.2) is 53.7 Å². The minimum atomic E-state index is -0.565. The van der Waals surface area contributed by atoms with Gasteiger partial charge in [0, 0.05) is 65.7 Å². The van der Waals surface area contributed by atoms with E-state index in [1.54, 1.807) is 89.8 Å². The van der Waals surface area contributed by atoms with Gasteiger partial charge in [-0.25, -0.2) is 9.18 Å². The maximum atomic E-state index is 15.3. The first kappa shape index (κ1) is 28.0. The van der Waals surface area contributed by atoms with Crippen molar-refractivity contribution in [1.82, 2.24) is 9.80 Å². The lowest BCUT2D eigenvalue weighted by molar-refractivity contribution is 0.0627. The number of amides is 3. The van der Waals surface area contributed by atoms with E-state index in [2.05, 4.69) is 15.5 Å². The quantitative estimate of drug-likeness (QED) is 0.255. The van der Waals surface area contributed by atoms with E-state index in [0.29, 0.717) is 65.7 Å². The fraction of sp³-hybridized carbons (Fsp3) is 0.156. The van der Waals surface area contributed by atoms with E-state index in [0.717, 1.165) is 0 Å². The van der Waals surface area contributed by atoms with E-state index >= 15 is 4.39 Å². The van der Waals surface area contributed by atoms with Gasteiger partial charge in [-0.2, -0.15) is 0 Å². The van der Waals surface area contributed by atoms with Gasteiger partial charge in [0.05, 0.1) is 5.69 Å². The Hall–Kier alpha value is -4.53. The first-order valence-electron chi connectivity index (χ1n) is 13.2. The van der Waals surface area contributed by atoms with Crippen LogP contribution in [0, 0.1) is 5.82 Å². The number of rotatable bonds is 7. The van der Waals surface area contributed by atoms with Gasteiger partial charge in [0.15, 0.2) is 11.6 Å². The molecule has 0 spiro atoms. The van der Waals surface area contributed by atoms with Crippen molar-refractivity contribution >= 4 is 40.7 Å². The van der Waals surface area contributed by atoms with Gasteiger partial charge in [-0.3, -0.25) is 14.5 Å². The number of urea groups is 1. The number of anilines is 2. The number of hydrogen-bond acceptors (Lipinski definition) is 4. The second kappa shape index (κ2) is 12.8. The molecule has 41 heavy (non-hydrogen) atoms. The summed E-state index contributed by atoms with van der Waals surface area (Å²) < 4.78 is 15.3. The number of nitrogens with zero attached hydrogens (tertiary/aromatic N) is 2. The highest BCUT2D eigenvalue weighted by atomic mass is 35.5. The van der Waals surface area contributed by atoms with E-state index in [4.69, 9.17) is 11.6 Å². The normalized spacial score (nSPS) is 13.5. The number of piperazine rings is 1. The van der Waals surface area contributed by atoms with Gasteiger partial charge in [-0.15, -0.1) is 0 Å². The number of carbonyl (C=O) groups excluding carboxylic acids is 3. The molecule has 0 unspecified atom stereocenters. The SMILES string of the molecule is O=C(Nc1ccc(Cl)cc1)Nc1cccc(CN2CCN(C(=O)c3cccc(C(=O)c4ccccc4)c3)CC2)c1F. The summed E-state index contributed by atoms with van der Waals surface area (Å²) in [6.07, 6.45) is 0. The predicted octanol–water partition coefficient (Wildman–Crippen LogP) is 6.31. The molecule has 2 N–H and O–H groups in total. The van der Waals surface area contributed by atoms with Gasteiger partial charge in [-0.1, -0.05) is 66.2 Å². The van der Waals surface area contributed by atoms with Crippen LogP contribution in [0.5, 0.6) is 0 Å². The Labute approximate surface area is 242 Å². The maximum Gasteiger partial charge on any atom is 0.323 e. The topological polar surface area (TPSA) is 81.8 Å². The number of nitrogens with one attached hydrogen (secondary N) is 2. The van der Waals surface area contributed by atoms with Crippen molar-refractivity contribution in [3.63, 3.8) is 0 Å². The Bertz CT molecular complexity index is 1560. The molecule has 7 nitrogen and oxygen atoms in total. The lowest BCUT2D eigenvalue weighted by Gasteiger charge is -2.35. The summed E-state index contributed by atoms with van der Waals surface area (Å²) in [5.41, 5.74) is 2.55. The molecular formula is C32H28ClFN4O3. The molecule has 1 heterocycles. The Morgan fingerprint density at radius 3 is 2.12 bits per heavy atom. The molecule has 4 aromatic carbocycles. The monoisotopic (exact) mass is 570 g/mol. The van der Waals surface area contributed by atoms with Gasteiger partial charge in [0.25, 0.3) is 5.91 Å². The van der Waals surface area contributed by atoms with Crippen LogP contribution in [0.3, 0.4) is 0 Å². The number of benzene rings is 4. The van der Waals surface area contributed by atoms with Crippen LogP contribution in [0.1, 0.15) is 31.8 Å². The molecule has 0 atom stereocenters. The smallest absolute Gasteiger partial charge is 0.323 e. The summed E-state index contributed by atoms with van der Waals surface area (Å²) in [7, 11) is 0. The van der Waals surface area contributed by atoms with Crippen LogP contribution < -0.4 is 10.6 Å². The molecule has 1 aliphatic heterocycles. The molecule has 9 heteroatoms. The van der Waals surface area contributed by atoms with E-state index in [1.807, 2.05) is 6.07 Å². The Balaban J connectivity index is 1.16. The minimum Gasteiger partial charge on any atom is -0.336 e. The van der Waals surface area contributed by atoms with E-state index in [-0.39, 0.29) is 17.4 Å². The zero-order chi connectivity index (χ0) is 28.8. The van der Waals surface area contributed by atoms with Crippen molar-refractivity contribution in [2.24, 2.45) is 0 Å². The molecule has 0 bridgehead atoms. The van der Waals surface area contributed by atoms with Gasteiger partial charge in [0.2, 0.25) is 0 Å². The zero-order valence-corrected chi connectivity index (χ0v) is 22.9. The molecule has 0 aliphatic carbocycles. The molecule has 1 saturated heterocycles. The van der Waals surface area contributed by atoms with Crippen molar-refractivity contribution in [3.8, 4) is 0 Å². The van der Waals surface area contributed by atoms with Crippen LogP contribution in [0.15, 0.2) is 97.1 Å². The van der Waals surface area contributed by atoms with E-state index in [9.17, 15) is 14.4 Å². The van der Waals surface area contributed by atoms with Gasteiger partial charge in [0.1, 0.15) is 0 Å². The second-order valence-electron chi connectivity index (χ2n) is 9.71. The fourth-order valence-electron chi connectivity index (χ4n) is 4.70. The van der Waals surface area contributed by atoms with E-state index < -0.39 is 11.8 Å². The van der Waals surface area contributed by atoms with Crippen LogP contribution in [0.2, 0.25) is 5.02 Å². The average Bonchev–Trinajstić information content (AvgIpc) is 3.00. The van der Waals surface area contributed by atoms with Crippen LogP contribution in [0.4, 0.5) is 20.6 Å². The molecule has 0 saturated carbocycles. The van der Waals surface area contributed by atoms with Crippen LogP contribution in [0.25, 0.3) is 0 Å². The number of hydrogen-bond donors (Lipinski definition) is 2. The first-order chi connectivity index (χ1) is 19.9. The first-order valence-corrected chi connectivity index (χ1v) is 13.6. The molecule has 5 rings (SSSR count). The molecule has 4 aromatic rings. The van der Waals surface area contributed by atoms with Crippen molar-refractivity contribution < 1.29 is 18.8 Å². The Kier molecular flexibility index (Phi) is 8.72. The third-order valence-corrected chi connectivity index (χ3v) is 7.14. The summed E-state index contributed by atoms with van der Waals surface area (Å²) in [6, 6.07) is 26.7. The third kappa shape index (κ3) is 6.98. The molecule has 1 fully saturated rings. The van der Waals surface area contributed by atoms with Gasteiger partial charge >= 0.3 is 6.03 Å². The summed E-state index contributed by atoms with van der Waals surface area (Å²) in [5.74, 6) is -0.778. The predicted molar refractivity (Wildman–Crippen MR) is 158 cm³/mol. The Morgan fingerprint density at radius 1 is 0.732 bits per heavy atom. The Morgan fingerprint density at radius 2 is 1.39 bits per heavy atom. The highest BCUT2D eigenvalue weighted by molar-refractivity contribution is 6.30. The average molecular weight is 571 g/mol. The zero-order valence-electron chi connectivity index (χ0n) is 22.1. The van der Waals surface area contributed by atoms with Crippen LogP contribution in [-0.2, 0) is 6.54 Å². The summed E-state index contributed by atoms with van der Waals surface area (Å²) >= 11 is 5.87. The maximum absolute atomic E-state index is 15.3. The highest BCUT2D eigenvalue weighted by Gasteiger charge is 2.24. The lowest BCUT2D eigenvalue weighted by Crippen LogP contribution is -2.48. The summed E-state index contributed by atoms with van der Waals surface area (Å²) in [5, 5.41) is 5.76. The molecule has 3 amide bonds. The molecule has 0 radical (unpaired) electrons. The molecule has 1 aliphatic rings. The van der Waals surface area contributed by atoms with Gasteiger partial charge < -0.3 is 15.5 Å². The van der Waals surface area contributed by atoms with Crippen molar-refractivity contribution in [2.75, 3.05) is 36.8 Å². The van der Waals surface area contributed by atoms with E-state index in [1.165, 1.54) is 6.07 Å². The summed E-state index contributed by atoms with van der Waals surface area (Å²) in [4.78, 5) is 42.2. The van der Waals surface area contributed by atoms with Crippen LogP contribution >= 0.6 is 11.6 Å². The number of ketones is 1. The fourth-order valence-corrected chi connectivity index (χ4v) is 4.82. The standard InChI is InChI=1S/C32H28ClFN4O3/c33-26-12-14-27(15-13-26)35-32(41)36-28-11-5-10-25(29(28)34)21-37-16-18-38(19-17-37)31(40)24-9-4-8-23(20-24)30(39)22-6-2-1-3-7-22/h1-15,20H,16-19,21H2,(H2,35,36,41). The molecule has 0 aromatic heterocycles. The third-order valence-electron chi connectivity index (χ3n) is 6.89. The summed E-state index contributed by atoms with van der Waals surface area (Å²) in [6.45, 7) is 2.39. The highest BCUT2D eigenvalue weighted by Crippen LogP contribution is 2.22. The van der Waals surface area contributed by atoms with Gasteiger partial charge in [-0.05, 0) is 42.5 Å². The largest absolute Gasteiger partial charge is 0.336 e. The van der Waals surface area contributed by atoms with Crippen molar-refractivity contribution in [2.45, 2.75) is 6.54 Å². The van der Waals surface area contributed by atoms with Crippen molar-refractivity contribution in [1.29, 1.82) is 0 Å². The van der Waals surface area contributed by atoms with Crippen molar-refractivity contribution in [3.05, 3.63) is 130 Å². The number of halogens is 2. The minimum absolute atomic E-state index is 0.0766. The lowest BCUT2D eigenvalue weighted by atomic mass is 10.0.